The van der Waals surface area contributed by atoms with Gasteiger partial charge in [-0.3, -0.25) is 19.1 Å². The molecule has 0 fully saturated rings. The molecule has 0 unspecified atom stereocenters. The van der Waals surface area contributed by atoms with Gasteiger partial charge in [0.25, 0.3) is 11.8 Å². The molecule has 2 N–H and O–H groups in total. The van der Waals surface area contributed by atoms with Gasteiger partial charge in [0.05, 0.1) is 18.7 Å². The molecule has 226 valence electrons. The summed E-state index contributed by atoms with van der Waals surface area (Å²) < 4.78 is 16.4. The molecule has 1 aromatic heterocycles. The van der Waals surface area contributed by atoms with Gasteiger partial charge in [0, 0.05) is 32.1 Å². The molecule has 2 heterocycles. The second kappa shape index (κ2) is 14.2. The maximum atomic E-state index is 12.9. The van der Waals surface area contributed by atoms with E-state index in [2.05, 4.69) is 15.7 Å². The molecular formula is C28H35N5O9. The fourth-order valence-electron chi connectivity index (χ4n) is 3.95. The third-order valence-corrected chi connectivity index (χ3v) is 5.86. The Kier molecular flexibility index (Phi) is 10.8. The highest BCUT2D eigenvalue weighted by Gasteiger charge is 2.31. The summed E-state index contributed by atoms with van der Waals surface area (Å²) in [7, 11) is 0. The van der Waals surface area contributed by atoms with Crippen LogP contribution >= 0.6 is 0 Å². The SMILES string of the molecule is CCOC(=O)CCCN1CCn2nc(C(=O)NC[C@H](NC(=O)OC(=O)c3ccccc3)C(=O)OC(C)(C)C)cc2C1=O. The van der Waals surface area contributed by atoms with Gasteiger partial charge < -0.3 is 29.7 Å². The third kappa shape index (κ3) is 9.14. The molecule has 3 rings (SSSR count). The number of aromatic nitrogens is 2. The largest absolute Gasteiger partial charge is 0.466 e. The van der Waals surface area contributed by atoms with Crippen molar-refractivity contribution < 1.29 is 43.0 Å². The number of carbonyl (C=O) groups excluding carboxylic acids is 6. The van der Waals surface area contributed by atoms with Gasteiger partial charge in [-0.25, -0.2) is 14.4 Å². The molecule has 0 saturated heterocycles. The lowest BCUT2D eigenvalue weighted by Crippen LogP contribution is -2.51. The predicted octanol–water partition coefficient (Wildman–Crippen LogP) is 1.69. The van der Waals surface area contributed by atoms with Gasteiger partial charge in [0.1, 0.15) is 17.3 Å². The van der Waals surface area contributed by atoms with E-state index < -0.39 is 42.1 Å². The number of carbonyl (C=O) groups is 6. The number of hydrogen-bond donors (Lipinski definition) is 2. The van der Waals surface area contributed by atoms with Crippen LogP contribution in [-0.4, -0.2) is 88.4 Å². The van der Waals surface area contributed by atoms with E-state index in [0.29, 0.717) is 26.1 Å². The molecule has 0 aliphatic carbocycles. The number of ether oxygens (including phenoxy) is 3. The summed E-state index contributed by atoms with van der Waals surface area (Å²) in [5.74, 6) is -3.17. The molecule has 14 heteroatoms. The van der Waals surface area contributed by atoms with Crippen LogP contribution in [-0.2, 0) is 30.3 Å². The smallest absolute Gasteiger partial charge is 0.415 e. The first kappa shape index (κ1) is 31.8. The van der Waals surface area contributed by atoms with Crippen LogP contribution in [0.1, 0.15) is 71.9 Å². The molecule has 0 bridgehead atoms. The minimum absolute atomic E-state index is 0.0727. The molecule has 1 aliphatic rings. The first-order valence-electron chi connectivity index (χ1n) is 13.5. The summed E-state index contributed by atoms with van der Waals surface area (Å²) in [4.78, 5) is 76.4. The zero-order valence-electron chi connectivity index (χ0n) is 24.0. The average Bonchev–Trinajstić information content (AvgIpc) is 3.37. The van der Waals surface area contributed by atoms with E-state index in [1.165, 1.54) is 22.9 Å². The number of amides is 3. The van der Waals surface area contributed by atoms with E-state index in [1.807, 2.05) is 0 Å². The molecule has 3 amide bonds. The first-order valence-corrected chi connectivity index (χ1v) is 13.5. The van der Waals surface area contributed by atoms with Crippen molar-refractivity contribution in [3.8, 4) is 0 Å². The maximum absolute atomic E-state index is 12.9. The normalized spacial score (nSPS) is 13.4. The summed E-state index contributed by atoms with van der Waals surface area (Å²) in [5.41, 5.74) is -0.648. The topological polar surface area (TPSA) is 175 Å². The number of nitrogens with one attached hydrogen (secondary N) is 2. The molecule has 14 nitrogen and oxygen atoms in total. The lowest BCUT2D eigenvalue weighted by Gasteiger charge is -2.27. The highest BCUT2D eigenvalue weighted by atomic mass is 16.6. The number of hydrogen-bond acceptors (Lipinski definition) is 10. The highest BCUT2D eigenvalue weighted by molar-refractivity contribution is 5.99. The molecule has 1 atom stereocenters. The van der Waals surface area contributed by atoms with E-state index in [0.717, 1.165) is 0 Å². The maximum Gasteiger partial charge on any atom is 0.415 e. The lowest BCUT2D eigenvalue weighted by atomic mass is 10.2. The predicted molar refractivity (Wildman–Crippen MR) is 146 cm³/mol. The molecule has 1 aliphatic heterocycles. The van der Waals surface area contributed by atoms with Gasteiger partial charge in [0.2, 0.25) is 0 Å². The van der Waals surface area contributed by atoms with Crippen LogP contribution in [0.3, 0.4) is 0 Å². The second-order valence-electron chi connectivity index (χ2n) is 10.3. The minimum atomic E-state index is -1.40. The minimum Gasteiger partial charge on any atom is -0.466 e. The van der Waals surface area contributed by atoms with Gasteiger partial charge in [-0.15, -0.1) is 0 Å². The Morgan fingerprint density at radius 1 is 1.07 bits per heavy atom. The van der Waals surface area contributed by atoms with E-state index in [-0.39, 0.29) is 41.9 Å². The zero-order chi connectivity index (χ0) is 30.9. The van der Waals surface area contributed by atoms with Gasteiger partial charge in [-0.1, -0.05) is 18.2 Å². The number of benzene rings is 1. The first-order chi connectivity index (χ1) is 19.9. The number of esters is 3. The molecule has 0 radical (unpaired) electrons. The summed E-state index contributed by atoms with van der Waals surface area (Å²) in [6.45, 7) is 7.52. The fraction of sp³-hybridized carbons (Fsp3) is 0.464. The lowest BCUT2D eigenvalue weighted by molar-refractivity contribution is -0.157. The van der Waals surface area contributed by atoms with Crippen molar-refractivity contribution in [3.05, 3.63) is 53.3 Å². The van der Waals surface area contributed by atoms with Gasteiger partial charge in [0.15, 0.2) is 5.69 Å². The molecule has 1 aromatic carbocycles. The van der Waals surface area contributed by atoms with Crippen molar-refractivity contribution in [2.24, 2.45) is 0 Å². The Balaban J connectivity index is 1.62. The van der Waals surface area contributed by atoms with Crippen LogP contribution in [0.4, 0.5) is 4.79 Å². The van der Waals surface area contributed by atoms with Crippen molar-refractivity contribution in [3.63, 3.8) is 0 Å². The van der Waals surface area contributed by atoms with Crippen LogP contribution < -0.4 is 10.6 Å². The van der Waals surface area contributed by atoms with Gasteiger partial charge in [-0.2, -0.15) is 5.10 Å². The quantitative estimate of drug-likeness (QED) is 0.224. The molecular weight excluding hydrogens is 550 g/mol. The van der Waals surface area contributed by atoms with E-state index in [9.17, 15) is 28.8 Å². The second-order valence-corrected chi connectivity index (χ2v) is 10.3. The third-order valence-electron chi connectivity index (χ3n) is 5.86. The monoisotopic (exact) mass is 585 g/mol. The van der Waals surface area contributed by atoms with Crippen molar-refractivity contribution in [2.45, 2.75) is 58.7 Å². The van der Waals surface area contributed by atoms with Crippen LogP contribution in [0, 0.1) is 0 Å². The number of fused-ring (bicyclic) bond motifs is 1. The van der Waals surface area contributed by atoms with Crippen LogP contribution in [0.5, 0.6) is 0 Å². The van der Waals surface area contributed by atoms with Gasteiger partial charge >= 0.3 is 24.0 Å². The summed E-state index contributed by atoms with van der Waals surface area (Å²) in [6.07, 6.45) is -0.587. The van der Waals surface area contributed by atoms with Crippen LogP contribution in [0.15, 0.2) is 36.4 Å². The number of alkyl carbamates (subject to hydrolysis) is 1. The molecule has 42 heavy (non-hydrogen) atoms. The Bertz CT molecular complexity index is 1320. The fourth-order valence-corrected chi connectivity index (χ4v) is 3.95. The van der Waals surface area contributed by atoms with E-state index in [4.69, 9.17) is 14.2 Å². The number of nitrogens with zero attached hydrogens (tertiary/aromatic N) is 3. The van der Waals surface area contributed by atoms with Crippen molar-refractivity contribution >= 4 is 35.8 Å². The average molecular weight is 586 g/mol. The standard InChI is InChI=1S/C28H35N5O9/c1-5-40-22(34)12-9-13-32-14-15-33-21(24(32)36)16-19(31-33)23(35)29-17-20(26(38)42-28(2,3)4)30-27(39)41-25(37)18-10-7-6-8-11-18/h6-8,10-11,16,20H,5,9,12-15,17H2,1-4H3,(H,29,35)(H,30,39)/t20-/m0/s1. The van der Waals surface area contributed by atoms with E-state index >= 15 is 0 Å². The molecule has 0 spiro atoms. The van der Waals surface area contributed by atoms with Gasteiger partial charge in [-0.05, 0) is 46.2 Å². The Hall–Kier alpha value is -4.75. The Labute approximate surface area is 242 Å². The van der Waals surface area contributed by atoms with Crippen molar-refractivity contribution in [1.82, 2.24) is 25.3 Å². The van der Waals surface area contributed by atoms with Crippen LogP contribution in [0.25, 0.3) is 0 Å². The summed E-state index contributed by atoms with van der Waals surface area (Å²) in [6, 6.07) is 7.72. The van der Waals surface area contributed by atoms with Crippen LogP contribution in [0.2, 0.25) is 0 Å². The summed E-state index contributed by atoms with van der Waals surface area (Å²) in [5, 5.41) is 8.95. The van der Waals surface area contributed by atoms with Crippen molar-refractivity contribution in [2.75, 3.05) is 26.2 Å². The highest BCUT2D eigenvalue weighted by Crippen LogP contribution is 2.15. The summed E-state index contributed by atoms with van der Waals surface area (Å²) >= 11 is 0. The van der Waals surface area contributed by atoms with Crippen molar-refractivity contribution in [1.29, 1.82) is 0 Å². The Morgan fingerprint density at radius 3 is 2.45 bits per heavy atom. The van der Waals surface area contributed by atoms with E-state index in [1.54, 1.807) is 50.8 Å². The zero-order valence-corrected chi connectivity index (χ0v) is 24.0. The molecule has 2 aromatic rings. The number of rotatable bonds is 11. The Morgan fingerprint density at radius 2 is 1.79 bits per heavy atom. The molecule has 0 saturated carbocycles.